The van der Waals surface area contributed by atoms with Gasteiger partial charge in [0.25, 0.3) is 0 Å². The number of rotatable bonds is 23. The van der Waals surface area contributed by atoms with Gasteiger partial charge < -0.3 is 28.4 Å². The van der Waals surface area contributed by atoms with Gasteiger partial charge in [0.05, 0.1) is 13.2 Å². The van der Waals surface area contributed by atoms with E-state index in [2.05, 4.69) is 13.2 Å². The summed E-state index contributed by atoms with van der Waals surface area (Å²) in [5.41, 5.74) is 0. The van der Waals surface area contributed by atoms with Crippen molar-refractivity contribution >= 4 is 23.9 Å². The molecule has 0 radical (unpaired) electrons. The lowest BCUT2D eigenvalue weighted by Gasteiger charge is -2.18. The molecular formula is C26H42O10. The van der Waals surface area contributed by atoms with E-state index in [1.54, 1.807) is 0 Å². The van der Waals surface area contributed by atoms with E-state index in [-0.39, 0.29) is 51.2 Å². The Labute approximate surface area is 214 Å². The maximum absolute atomic E-state index is 11.7. The highest BCUT2D eigenvalue weighted by molar-refractivity contribution is 5.81. The first kappa shape index (κ1) is 33.3. The zero-order valence-electron chi connectivity index (χ0n) is 21.7. The molecule has 0 aliphatic heterocycles. The van der Waals surface area contributed by atoms with E-state index >= 15 is 0 Å². The lowest BCUT2D eigenvalue weighted by Crippen LogP contribution is -2.29. The molecule has 0 fully saturated rings. The Morgan fingerprint density at radius 2 is 1.03 bits per heavy atom. The summed E-state index contributed by atoms with van der Waals surface area (Å²) in [5.74, 6) is -1.89. The molecule has 0 saturated heterocycles. The molecule has 0 bridgehead atoms. The van der Waals surface area contributed by atoms with Crippen molar-refractivity contribution in [3.63, 3.8) is 0 Å². The van der Waals surface area contributed by atoms with Crippen molar-refractivity contribution in [3.8, 4) is 0 Å². The third-order valence-corrected chi connectivity index (χ3v) is 4.60. The summed E-state index contributed by atoms with van der Waals surface area (Å²) >= 11 is 0. The first-order valence-electron chi connectivity index (χ1n) is 12.5. The number of ether oxygens (including phenoxy) is 6. The van der Waals surface area contributed by atoms with Crippen LogP contribution in [-0.4, -0.2) is 75.7 Å². The third kappa shape index (κ3) is 19.6. The van der Waals surface area contributed by atoms with Gasteiger partial charge in [-0.3, -0.25) is 9.59 Å². The lowest BCUT2D eigenvalue weighted by atomic mass is 10.2. The molecule has 0 aromatic heterocycles. The van der Waals surface area contributed by atoms with Gasteiger partial charge in [0, 0.05) is 38.2 Å². The molecule has 0 amide bonds. The summed E-state index contributed by atoms with van der Waals surface area (Å²) in [7, 11) is 0. The minimum absolute atomic E-state index is 0.0841. The smallest absolute Gasteiger partial charge is 0.330 e. The maximum atomic E-state index is 11.7. The molecule has 0 heterocycles. The first-order valence-corrected chi connectivity index (χ1v) is 12.5. The monoisotopic (exact) mass is 514 g/mol. The highest BCUT2D eigenvalue weighted by atomic mass is 16.6. The molecule has 36 heavy (non-hydrogen) atoms. The zero-order valence-corrected chi connectivity index (χ0v) is 21.7. The van der Waals surface area contributed by atoms with Crippen LogP contribution in [0.3, 0.4) is 0 Å². The number of unbranched alkanes of at least 4 members (excludes halogenated alkanes) is 3. The molecular weight excluding hydrogens is 472 g/mol. The van der Waals surface area contributed by atoms with E-state index in [1.165, 1.54) is 0 Å². The van der Waals surface area contributed by atoms with Crippen molar-refractivity contribution < 1.29 is 47.6 Å². The minimum Gasteiger partial charge on any atom is -0.458 e. The Morgan fingerprint density at radius 1 is 0.639 bits per heavy atom. The second-order valence-corrected chi connectivity index (χ2v) is 7.96. The summed E-state index contributed by atoms with van der Waals surface area (Å²) in [6.07, 6.45) is 6.09. The summed E-state index contributed by atoms with van der Waals surface area (Å²) in [4.78, 5) is 46.0. The number of carbonyl (C=O) groups excluding carboxylic acids is 4. The number of hydrogen-bond donors (Lipinski definition) is 0. The predicted molar refractivity (Wildman–Crippen MR) is 132 cm³/mol. The van der Waals surface area contributed by atoms with Gasteiger partial charge in [0.2, 0.25) is 0 Å². The van der Waals surface area contributed by atoms with Gasteiger partial charge >= 0.3 is 23.9 Å². The topological polar surface area (TPSA) is 124 Å². The standard InChI is InChI=1S/C26H42O10/c1-5-13-25(29)35-21(19-33-23(27)7-3)17-31-15-11-9-10-12-16-32-18-22(20-34-24(28)8-4)36-26(30)14-6-2/h7-8,21-22H,3-6,9-20H2,1-2H3. The normalized spacial score (nSPS) is 12.2. The molecule has 2 atom stereocenters. The zero-order chi connectivity index (χ0) is 27.0. The third-order valence-electron chi connectivity index (χ3n) is 4.60. The molecule has 206 valence electrons. The van der Waals surface area contributed by atoms with Crippen LogP contribution >= 0.6 is 0 Å². The van der Waals surface area contributed by atoms with Crippen molar-refractivity contribution in [2.75, 3.05) is 39.6 Å². The van der Waals surface area contributed by atoms with E-state index in [9.17, 15) is 19.2 Å². The minimum atomic E-state index is -0.661. The fourth-order valence-corrected chi connectivity index (χ4v) is 2.79. The molecule has 0 rings (SSSR count). The van der Waals surface area contributed by atoms with Gasteiger partial charge in [-0.05, 0) is 25.7 Å². The van der Waals surface area contributed by atoms with Crippen LogP contribution < -0.4 is 0 Å². The van der Waals surface area contributed by atoms with E-state index in [4.69, 9.17) is 28.4 Å². The number of esters is 4. The maximum Gasteiger partial charge on any atom is 0.330 e. The van der Waals surface area contributed by atoms with Crippen LogP contribution in [0.25, 0.3) is 0 Å². The summed E-state index contributed by atoms with van der Waals surface area (Å²) in [6.45, 7) is 11.5. The van der Waals surface area contributed by atoms with Crippen LogP contribution in [0.4, 0.5) is 0 Å². The Hall–Kier alpha value is -2.72. The van der Waals surface area contributed by atoms with E-state index in [0.717, 1.165) is 37.8 Å². The van der Waals surface area contributed by atoms with Gasteiger partial charge in [0.1, 0.15) is 13.2 Å². The van der Waals surface area contributed by atoms with Gasteiger partial charge in [-0.25, -0.2) is 9.59 Å². The fraction of sp³-hybridized carbons (Fsp3) is 0.692. The van der Waals surface area contributed by atoms with Gasteiger partial charge in [-0.2, -0.15) is 0 Å². The predicted octanol–water partition coefficient (Wildman–Crippen LogP) is 3.46. The SMILES string of the molecule is C=CC(=O)OCC(COCCCCCCOCC(COC(=O)C=C)OC(=O)CCC)OC(=O)CCC. The molecule has 10 heteroatoms. The van der Waals surface area contributed by atoms with Crippen LogP contribution in [0.15, 0.2) is 25.3 Å². The van der Waals surface area contributed by atoms with Crippen molar-refractivity contribution in [2.45, 2.75) is 77.4 Å². The van der Waals surface area contributed by atoms with Gasteiger partial charge in [0.15, 0.2) is 12.2 Å². The summed E-state index contributed by atoms with van der Waals surface area (Å²) < 4.78 is 31.7. The highest BCUT2D eigenvalue weighted by Crippen LogP contribution is 2.06. The molecule has 10 nitrogen and oxygen atoms in total. The summed E-state index contributed by atoms with van der Waals surface area (Å²) in [5, 5.41) is 0. The number of carbonyl (C=O) groups is 4. The largest absolute Gasteiger partial charge is 0.458 e. The number of hydrogen-bond acceptors (Lipinski definition) is 10. The Balaban J connectivity index is 4.08. The average Bonchev–Trinajstić information content (AvgIpc) is 2.86. The fourth-order valence-electron chi connectivity index (χ4n) is 2.79. The van der Waals surface area contributed by atoms with Crippen LogP contribution in [0.1, 0.15) is 65.2 Å². The molecule has 0 N–H and O–H groups in total. The molecule has 0 aliphatic rings. The van der Waals surface area contributed by atoms with E-state index in [0.29, 0.717) is 26.1 Å². The summed E-state index contributed by atoms with van der Waals surface area (Å²) in [6, 6.07) is 0. The average molecular weight is 515 g/mol. The van der Waals surface area contributed by atoms with Crippen LogP contribution in [0, 0.1) is 0 Å². The van der Waals surface area contributed by atoms with Crippen molar-refractivity contribution in [2.24, 2.45) is 0 Å². The van der Waals surface area contributed by atoms with E-state index < -0.39 is 24.1 Å². The molecule has 0 aliphatic carbocycles. The Morgan fingerprint density at radius 3 is 1.36 bits per heavy atom. The first-order chi connectivity index (χ1) is 17.4. The van der Waals surface area contributed by atoms with Crippen molar-refractivity contribution in [3.05, 3.63) is 25.3 Å². The molecule has 0 aromatic carbocycles. The van der Waals surface area contributed by atoms with Crippen LogP contribution in [-0.2, 0) is 47.6 Å². The van der Waals surface area contributed by atoms with E-state index in [1.807, 2.05) is 13.8 Å². The molecule has 0 saturated carbocycles. The van der Waals surface area contributed by atoms with Crippen LogP contribution in [0.5, 0.6) is 0 Å². The Kier molecular flexibility index (Phi) is 21.0. The highest BCUT2D eigenvalue weighted by Gasteiger charge is 2.17. The molecule has 2 unspecified atom stereocenters. The Bertz CT molecular complexity index is 605. The second-order valence-electron chi connectivity index (χ2n) is 7.96. The van der Waals surface area contributed by atoms with Gasteiger partial charge in [-0.1, -0.05) is 39.8 Å². The molecule has 0 aromatic rings. The molecule has 0 spiro atoms. The van der Waals surface area contributed by atoms with Crippen molar-refractivity contribution in [1.82, 2.24) is 0 Å². The van der Waals surface area contributed by atoms with Gasteiger partial charge in [-0.15, -0.1) is 0 Å². The second kappa shape index (κ2) is 22.7. The van der Waals surface area contributed by atoms with Crippen LogP contribution in [0.2, 0.25) is 0 Å². The lowest BCUT2D eigenvalue weighted by molar-refractivity contribution is -0.161. The van der Waals surface area contributed by atoms with Crippen molar-refractivity contribution in [1.29, 1.82) is 0 Å². The quantitative estimate of drug-likeness (QED) is 0.0866.